The van der Waals surface area contributed by atoms with E-state index in [2.05, 4.69) is 4.99 Å². The molecule has 0 aliphatic carbocycles. The number of rotatable bonds is 2. The van der Waals surface area contributed by atoms with E-state index in [9.17, 15) is 10.2 Å². The van der Waals surface area contributed by atoms with Crippen molar-refractivity contribution in [3.63, 3.8) is 0 Å². The molecule has 3 aromatic carbocycles. The van der Waals surface area contributed by atoms with Crippen LogP contribution in [-0.4, -0.2) is 16.4 Å². The highest BCUT2D eigenvalue weighted by Crippen LogP contribution is 2.34. The molecular formula is C17H13NO2. The van der Waals surface area contributed by atoms with Gasteiger partial charge in [-0.3, -0.25) is 4.99 Å². The van der Waals surface area contributed by atoms with Gasteiger partial charge in [0.2, 0.25) is 0 Å². The lowest BCUT2D eigenvalue weighted by atomic mass is 10.0. The summed E-state index contributed by atoms with van der Waals surface area (Å²) in [5.41, 5.74) is 1.31. The van der Waals surface area contributed by atoms with Gasteiger partial charge in [-0.15, -0.1) is 0 Å². The Morgan fingerprint density at radius 3 is 2.35 bits per heavy atom. The summed E-state index contributed by atoms with van der Waals surface area (Å²) in [7, 11) is 0. The van der Waals surface area contributed by atoms with Gasteiger partial charge in [-0.1, -0.05) is 42.5 Å². The Hall–Kier alpha value is -2.81. The highest BCUT2D eigenvalue weighted by atomic mass is 16.3. The van der Waals surface area contributed by atoms with Gasteiger partial charge in [0, 0.05) is 11.8 Å². The van der Waals surface area contributed by atoms with E-state index in [0.717, 1.165) is 16.5 Å². The van der Waals surface area contributed by atoms with Crippen LogP contribution in [0.15, 0.2) is 65.7 Å². The van der Waals surface area contributed by atoms with Crippen molar-refractivity contribution in [1.29, 1.82) is 0 Å². The van der Waals surface area contributed by atoms with Crippen LogP contribution in [0, 0.1) is 0 Å². The summed E-state index contributed by atoms with van der Waals surface area (Å²) in [6.07, 6.45) is 1.58. The lowest BCUT2D eigenvalue weighted by Gasteiger charge is -2.07. The Morgan fingerprint density at radius 1 is 0.850 bits per heavy atom. The maximum Gasteiger partial charge on any atom is 0.167 e. The molecule has 0 fully saturated rings. The van der Waals surface area contributed by atoms with Gasteiger partial charge in [0.1, 0.15) is 0 Å². The van der Waals surface area contributed by atoms with Crippen LogP contribution >= 0.6 is 0 Å². The highest BCUT2D eigenvalue weighted by molar-refractivity contribution is 6.04. The minimum Gasteiger partial charge on any atom is -0.504 e. The summed E-state index contributed by atoms with van der Waals surface area (Å²) >= 11 is 0. The van der Waals surface area contributed by atoms with E-state index >= 15 is 0 Å². The van der Waals surface area contributed by atoms with Crippen molar-refractivity contribution in [3.05, 3.63) is 66.2 Å². The van der Waals surface area contributed by atoms with Gasteiger partial charge in [-0.25, -0.2) is 0 Å². The zero-order chi connectivity index (χ0) is 13.9. The molecule has 0 bridgehead atoms. The van der Waals surface area contributed by atoms with Crippen molar-refractivity contribution in [2.75, 3.05) is 0 Å². The molecule has 2 N–H and O–H groups in total. The second-order valence-corrected chi connectivity index (χ2v) is 4.47. The lowest BCUT2D eigenvalue weighted by Crippen LogP contribution is -1.86. The first-order valence-corrected chi connectivity index (χ1v) is 6.28. The van der Waals surface area contributed by atoms with Gasteiger partial charge in [0.25, 0.3) is 0 Å². The molecule has 3 heteroatoms. The Bertz CT molecular complexity index is 780. The molecule has 20 heavy (non-hydrogen) atoms. The van der Waals surface area contributed by atoms with E-state index in [1.54, 1.807) is 12.3 Å². The maximum absolute atomic E-state index is 10.0. The molecule has 0 aliphatic rings. The van der Waals surface area contributed by atoms with Gasteiger partial charge in [-0.2, -0.15) is 0 Å². The molecule has 0 spiro atoms. The van der Waals surface area contributed by atoms with E-state index in [1.165, 1.54) is 0 Å². The molecule has 0 atom stereocenters. The third-order valence-electron chi connectivity index (χ3n) is 3.14. The molecule has 0 saturated heterocycles. The van der Waals surface area contributed by atoms with Crippen LogP contribution in [0.3, 0.4) is 0 Å². The number of aromatic hydroxyl groups is 2. The first-order valence-electron chi connectivity index (χ1n) is 6.28. The number of hydrogen-bond acceptors (Lipinski definition) is 3. The average Bonchev–Trinajstić information content (AvgIpc) is 2.49. The van der Waals surface area contributed by atoms with E-state index in [4.69, 9.17) is 0 Å². The average molecular weight is 263 g/mol. The fourth-order valence-electron chi connectivity index (χ4n) is 2.13. The largest absolute Gasteiger partial charge is 0.504 e. The number of aliphatic imine (C=N–C) groups is 1. The molecule has 98 valence electrons. The van der Waals surface area contributed by atoms with E-state index < -0.39 is 0 Å². The zero-order valence-electron chi connectivity index (χ0n) is 10.7. The van der Waals surface area contributed by atoms with Crippen molar-refractivity contribution < 1.29 is 10.2 Å². The Morgan fingerprint density at radius 2 is 1.55 bits per heavy atom. The van der Waals surface area contributed by atoms with E-state index in [1.807, 2.05) is 54.6 Å². The molecule has 0 radical (unpaired) electrons. The van der Waals surface area contributed by atoms with Crippen molar-refractivity contribution in [1.82, 2.24) is 0 Å². The van der Waals surface area contributed by atoms with Crippen molar-refractivity contribution in [2.45, 2.75) is 0 Å². The molecule has 0 aromatic heterocycles. The zero-order valence-corrected chi connectivity index (χ0v) is 10.7. The molecule has 3 rings (SSSR count). The van der Waals surface area contributed by atoms with Crippen LogP contribution < -0.4 is 0 Å². The van der Waals surface area contributed by atoms with Gasteiger partial charge in [-0.05, 0) is 29.0 Å². The molecular weight excluding hydrogens is 250 g/mol. The molecule has 3 nitrogen and oxygen atoms in total. The summed E-state index contributed by atoms with van der Waals surface area (Å²) in [6, 6.07) is 18.5. The maximum atomic E-state index is 10.0. The normalized spacial score (nSPS) is 11.2. The predicted octanol–water partition coefficient (Wildman–Crippen LogP) is 4.00. The quantitative estimate of drug-likeness (QED) is 0.542. The Balaban J connectivity index is 2.15. The van der Waals surface area contributed by atoms with Gasteiger partial charge in [0.05, 0.1) is 5.69 Å². The highest BCUT2D eigenvalue weighted by Gasteiger charge is 2.09. The first kappa shape index (κ1) is 12.2. The van der Waals surface area contributed by atoms with Crippen molar-refractivity contribution >= 4 is 22.7 Å². The van der Waals surface area contributed by atoms with Gasteiger partial charge < -0.3 is 10.2 Å². The minimum atomic E-state index is -0.150. The van der Waals surface area contributed by atoms with Crippen LogP contribution in [0.2, 0.25) is 0 Å². The summed E-state index contributed by atoms with van der Waals surface area (Å²) in [5.74, 6) is -0.290. The minimum absolute atomic E-state index is 0.141. The van der Waals surface area contributed by atoms with Crippen molar-refractivity contribution in [3.8, 4) is 11.5 Å². The summed E-state index contributed by atoms with van der Waals surface area (Å²) in [6.45, 7) is 0. The predicted molar refractivity (Wildman–Crippen MR) is 81.0 cm³/mol. The molecule has 0 heterocycles. The molecule has 0 saturated carbocycles. The Kier molecular flexibility index (Phi) is 3.09. The van der Waals surface area contributed by atoms with Crippen LogP contribution in [0.5, 0.6) is 11.5 Å². The number of hydrogen-bond donors (Lipinski definition) is 2. The van der Waals surface area contributed by atoms with Crippen LogP contribution in [-0.2, 0) is 0 Å². The van der Waals surface area contributed by atoms with Crippen LogP contribution in [0.1, 0.15) is 5.56 Å². The molecule has 0 unspecified atom stereocenters. The second kappa shape index (κ2) is 5.05. The smallest absolute Gasteiger partial charge is 0.167 e. The summed E-state index contributed by atoms with van der Waals surface area (Å²) in [4.78, 5) is 4.33. The van der Waals surface area contributed by atoms with Gasteiger partial charge >= 0.3 is 0 Å². The third kappa shape index (κ3) is 2.21. The second-order valence-electron chi connectivity index (χ2n) is 4.47. The molecule has 0 amide bonds. The van der Waals surface area contributed by atoms with Crippen molar-refractivity contribution in [2.24, 2.45) is 4.99 Å². The lowest BCUT2D eigenvalue weighted by molar-refractivity contribution is 0.404. The number of para-hydroxylation sites is 1. The van der Waals surface area contributed by atoms with Gasteiger partial charge in [0.15, 0.2) is 11.5 Å². The van der Waals surface area contributed by atoms with Crippen LogP contribution in [0.4, 0.5) is 5.69 Å². The fraction of sp³-hybridized carbons (Fsp3) is 0. The standard InChI is InChI=1S/C17H13NO2/c19-16-10-12-6-4-5-9-14(12)15(17(16)20)11-18-13-7-2-1-3-8-13/h1-11,19-20H. The first-order chi connectivity index (χ1) is 9.75. The number of nitrogens with zero attached hydrogens (tertiary/aromatic N) is 1. The monoisotopic (exact) mass is 263 g/mol. The van der Waals surface area contributed by atoms with E-state index in [-0.39, 0.29) is 11.5 Å². The summed E-state index contributed by atoms with van der Waals surface area (Å²) < 4.78 is 0. The number of fused-ring (bicyclic) bond motifs is 1. The van der Waals surface area contributed by atoms with Crippen LogP contribution in [0.25, 0.3) is 10.8 Å². The molecule has 3 aromatic rings. The topological polar surface area (TPSA) is 52.8 Å². The third-order valence-corrected chi connectivity index (χ3v) is 3.14. The number of benzene rings is 3. The fourth-order valence-corrected chi connectivity index (χ4v) is 2.13. The Labute approximate surface area is 116 Å². The van der Waals surface area contributed by atoms with E-state index in [0.29, 0.717) is 5.56 Å². The number of phenols is 2. The SMILES string of the molecule is Oc1cc2ccccc2c(C=Nc2ccccc2)c1O. The number of phenolic OH excluding ortho intramolecular Hbond substituents is 2. The summed E-state index contributed by atoms with van der Waals surface area (Å²) in [5, 5.41) is 21.5. The molecule has 0 aliphatic heterocycles.